The van der Waals surface area contributed by atoms with Gasteiger partial charge in [0, 0.05) is 25.5 Å². The molecule has 0 unspecified atom stereocenters. The Kier molecular flexibility index (Phi) is 3.85. The number of hydrogen-bond acceptors (Lipinski definition) is 4. The van der Waals surface area contributed by atoms with E-state index >= 15 is 0 Å². The second kappa shape index (κ2) is 5.94. The minimum Gasteiger partial charge on any atom is -0.352 e. The van der Waals surface area contributed by atoms with Crippen LogP contribution in [0.4, 0.5) is 5.82 Å². The van der Waals surface area contributed by atoms with E-state index in [4.69, 9.17) is 16.9 Å². The van der Waals surface area contributed by atoms with Crippen molar-refractivity contribution in [3.05, 3.63) is 59.0 Å². The van der Waals surface area contributed by atoms with E-state index in [1.165, 1.54) is 11.1 Å². The Hall–Kier alpha value is -2.38. The van der Waals surface area contributed by atoms with Crippen molar-refractivity contribution in [3.8, 4) is 6.07 Å². The zero-order valence-electron chi connectivity index (χ0n) is 11.3. The zero-order valence-corrected chi connectivity index (χ0v) is 12.1. The van der Waals surface area contributed by atoms with Gasteiger partial charge in [-0.25, -0.2) is 4.98 Å². The van der Waals surface area contributed by atoms with Crippen molar-refractivity contribution >= 4 is 23.0 Å². The Morgan fingerprint density at radius 2 is 2.00 bits per heavy atom. The summed E-state index contributed by atoms with van der Waals surface area (Å²) in [6, 6.07) is 9.62. The minimum absolute atomic E-state index is 0.272. The van der Waals surface area contributed by atoms with Crippen molar-refractivity contribution in [2.75, 3.05) is 18.0 Å². The van der Waals surface area contributed by atoms with Crippen LogP contribution in [-0.4, -0.2) is 23.1 Å². The molecule has 3 heterocycles. The van der Waals surface area contributed by atoms with Gasteiger partial charge in [0.15, 0.2) is 5.69 Å². The number of aromatic nitrogens is 2. The smallest absolute Gasteiger partial charge is 0.161 e. The Morgan fingerprint density at radius 3 is 2.76 bits per heavy atom. The second-order valence-electron chi connectivity index (χ2n) is 4.79. The van der Waals surface area contributed by atoms with Gasteiger partial charge >= 0.3 is 0 Å². The summed E-state index contributed by atoms with van der Waals surface area (Å²) < 4.78 is 0. The maximum absolute atomic E-state index is 9.04. The molecule has 0 radical (unpaired) electrons. The summed E-state index contributed by atoms with van der Waals surface area (Å²) in [6.07, 6.45) is 6.78. The van der Waals surface area contributed by atoms with E-state index in [1.807, 2.05) is 24.3 Å². The molecule has 0 aliphatic carbocycles. The predicted molar refractivity (Wildman–Crippen MR) is 83.0 cm³/mol. The largest absolute Gasteiger partial charge is 0.352 e. The summed E-state index contributed by atoms with van der Waals surface area (Å²) in [7, 11) is 0. The van der Waals surface area contributed by atoms with E-state index in [0.29, 0.717) is 5.02 Å². The molecule has 104 valence electrons. The molecular weight excluding hydrogens is 284 g/mol. The third-order valence-corrected chi connectivity index (χ3v) is 3.77. The van der Waals surface area contributed by atoms with Crippen LogP contribution in [0.5, 0.6) is 0 Å². The van der Waals surface area contributed by atoms with Crippen LogP contribution in [0.15, 0.2) is 42.7 Å². The van der Waals surface area contributed by atoms with Gasteiger partial charge in [0.25, 0.3) is 0 Å². The molecule has 2 aromatic rings. The highest BCUT2D eigenvalue weighted by Gasteiger charge is 2.16. The van der Waals surface area contributed by atoms with Crippen LogP contribution in [-0.2, 0) is 0 Å². The van der Waals surface area contributed by atoms with Crippen LogP contribution < -0.4 is 4.90 Å². The predicted octanol–water partition coefficient (Wildman–Crippen LogP) is 3.30. The molecule has 5 heteroatoms. The van der Waals surface area contributed by atoms with Crippen molar-refractivity contribution in [2.45, 2.75) is 6.42 Å². The van der Waals surface area contributed by atoms with Crippen LogP contribution in [0.25, 0.3) is 5.57 Å². The number of anilines is 1. The SMILES string of the molecule is N#Cc1nc(N2CCC=C(c3ccncc3)C2)ccc1Cl. The molecular formula is C16H13ClN4. The number of nitrogens with zero attached hydrogens (tertiary/aromatic N) is 4. The van der Waals surface area contributed by atoms with Gasteiger partial charge in [0.1, 0.15) is 11.9 Å². The third-order valence-electron chi connectivity index (χ3n) is 3.46. The van der Waals surface area contributed by atoms with Gasteiger partial charge in [-0.15, -0.1) is 0 Å². The Labute approximate surface area is 128 Å². The summed E-state index contributed by atoms with van der Waals surface area (Å²) in [5.41, 5.74) is 2.69. The van der Waals surface area contributed by atoms with E-state index in [0.717, 1.165) is 25.3 Å². The fourth-order valence-corrected chi connectivity index (χ4v) is 2.55. The molecule has 1 aliphatic heterocycles. The molecule has 0 N–H and O–H groups in total. The number of rotatable bonds is 2. The van der Waals surface area contributed by atoms with Gasteiger partial charge in [-0.3, -0.25) is 4.98 Å². The molecule has 0 aromatic carbocycles. The summed E-state index contributed by atoms with van der Waals surface area (Å²) in [6.45, 7) is 1.65. The van der Waals surface area contributed by atoms with Crippen LogP contribution in [0.3, 0.4) is 0 Å². The minimum atomic E-state index is 0.272. The highest BCUT2D eigenvalue weighted by Crippen LogP contribution is 2.25. The zero-order chi connectivity index (χ0) is 14.7. The standard InChI is InChI=1S/C16H13ClN4/c17-14-3-4-16(20-15(14)10-18)21-9-1-2-13(11-21)12-5-7-19-8-6-12/h2-8H,1,9,11H2. The van der Waals surface area contributed by atoms with Gasteiger partial charge in [-0.1, -0.05) is 17.7 Å². The maximum Gasteiger partial charge on any atom is 0.161 e. The average Bonchev–Trinajstić information content (AvgIpc) is 2.56. The highest BCUT2D eigenvalue weighted by atomic mass is 35.5. The molecule has 0 spiro atoms. The quantitative estimate of drug-likeness (QED) is 0.853. The Balaban J connectivity index is 1.86. The molecule has 0 amide bonds. The highest BCUT2D eigenvalue weighted by molar-refractivity contribution is 6.31. The molecule has 0 atom stereocenters. The molecule has 3 rings (SSSR count). The van der Waals surface area contributed by atoms with Gasteiger partial charge in [0.2, 0.25) is 0 Å². The number of hydrogen-bond donors (Lipinski definition) is 0. The molecule has 0 bridgehead atoms. The Bertz CT molecular complexity index is 719. The molecule has 1 aliphatic rings. The first kappa shape index (κ1) is 13.6. The molecule has 4 nitrogen and oxygen atoms in total. The van der Waals surface area contributed by atoms with Crippen molar-refractivity contribution in [3.63, 3.8) is 0 Å². The van der Waals surface area contributed by atoms with Crippen LogP contribution >= 0.6 is 11.6 Å². The van der Waals surface area contributed by atoms with E-state index in [1.54, 1.807) is 18.5 Å². The maximum atomic E-state index is 9.04. The van der Waals surface area contributed by atoms with Crippen LogP contribution in [0.1, 0.15) is 17.7 Å². The molecule has 21 heavy (non-hydrogen) atoms. The van der Waals surface area contributed by atoms with Gasteiger partial charge < -0.3 is 4.90 Å². The lowest BCUT2D eigenvalue weighted by Crippen LogP contribution is -2.30. The fraction of sp³-hybridized carbons (Fsp3) is 0.188. The first-order valence-corrected chi connectivity index (χ1v) is 7.07. The summed E-state index contributed by atoms with van der Waals surface area (Å²) in [5, 5.41) is 9.43. The van der Waals surface area contributed by atoms with Crippen LogP contribution in [0.2, 0.25) is 5.02 Å². The van der Waals surface area contributed by atoms with E-state index < -0.39 is 0 Å². The molecule has 0 saturated carbocycles. The Morgan fingerprint density at radius 1 is 1.19 bits per heavy atom. The monoisotopic (exact) mass is 296 g/mol. The molecule has 2 aromatic heterocycles. The van der Waals surface area contributed by atoms with E-state index in [9.17, 15) is 0 Å². The van der Waals surface area contributed by atoms with Gasteiger partial charge in [-0.2, -0.15) is 5.26 Å². The van der Waals surface area contributed by atoms with E-state index in [-0.39, 0.29) is 5.69 Å². The number of halogens is 1. The summed E-state index contributed by atoms with van der Waals surface area (Å²) in [5.74, 6) is 0.788. The average molecular weight is 297 g/mol. The van der Waals surface area contributed by atoms with Gasteiger partial charge in [-0.05, 0) is 41.8 Å². The first-order chi connectivity index (χ1) is 10.3. The number of nitriles is 1. The van der Waals surface area contributed by atoms with Crippen molar-refractivity contribution in [1.29, 1.82) is 5.26 Å². The van der Waals surface area contributed by atoms with Crippen molar-refractivity contribution in [2.24, 2.45) is 0 Å². The number of pyridine rings is 2. The van der Waals surface area contributed by atoms with Crippen molar-refractivity contribution < 1.29 is 0 Å². The summed E-state index contributed by atoms with van der Waals surface area (Å²) >= 11 is 5.94. The lowest BCUT2D eigenvalue weighted by molar-refractivity contribution is 0.814. The molecule has 0 saturated heterocycles. The fourth-order valence-electron chi connectivity index (χ4n) is 2.40. The first-order valence-electron chi connectivity index (χ1n) is 6.69. The van der Waals surface area contributed by atoms with Gasteiger partial charge in [0.05, 0.1) is 5.02 Å². The summed E-state index contributed by atoms with van der Waals surface area (Å²) in [4.78, 5) is 10.5. The van der Waals surface area contributed by atoms with Crippen molar-refractivity contribution in [1.82, 2.24) is 9.97 Å². The second-order valence-corrected chi connectivity index (χ2v) is 5.19. The molecule has 0 fully saturated rings. The van der Waals surface area contributed by atoms with Crippen LogP contribution in [0, 0.1) is 11.3 Å². The normalized spacial score (nSPS) is 14.5. The topological polar surface area (TPSA) is 52.8 Å². The third kappa shape index (κ3) is 2.88. The van der Waals surface area contributed by atoms with E-state index in [2.05, 4.69) is 20.9 Å². The lowest BCUT2D eigenvalue weighted by Gasteiger charge is -2.28. The lowest BCUT2D eigenvalue weighted by atomic mass is 10.0.